The predicted molar refractivity (Wildman–Crippen MR) is 50.1 cm³/mol. The number of nitrogens with two attached hydrogens (primary N) is 1. The van der Waals surface area contributed by atoms with E-state index in [9.17, 15) is 8.42 Å². The molecule has 0 aliphatic heterocycles. The van der Waals surface area contributed by atoms with Crippen molar-refractivity contribution in [3.63, 3.8) is 0 Å². The first kappa shape index (κ1) is 11.7. The Morgan fingerprint density at radius 3 is 2.50 bits per heavy atom. The number of hydrogen-bond acceptors (Lipinski definition) is 5. The third kappa shape index (κ3) is 6.44. The zero-order valence-electron chi connectivity index (χ0n) is 6.49. The second-order valence-corrected chi connectivity index (χ2v) is 5.53. The summed E-state index contributed by atoms with van der Waals surface area (Å²) in [6.07, 6.45) is 0. The molecule has 0 atom stereocenters. The molecular weight excluding hydrogens is 200 g/mol. The molecule has 0 fully saturated rings. The van der Waals surface area contributed by atoms with Gasteiger partial charge in [-0.25, -0.2) is 8.42 Å². The fraction of sp³-hybridized carbons (Fsp3) is 0.800. The van der Waals surface area contributed by atoms with E-state index in [2.05, 4.69) is 0 Å². The van der Waals surface area contributed by atoms with E-state index in [-0.39, 0.29) is 29.0 Å². The molecule has 0 amide bonds. The fourth-order valence-electron chi connectivity index (χ4n) is 0.520. The highest BCUT2D eigenvalue weighted by molar-refractivity contribution is 8.14. The average molecular weight is 212 g/mol. The molecule has 0 heterocycles. The van der Waals surface area contributed by atoms with Crippen LogP contribution in [0.25, 0.3) is 0 Å². The van der Waals surface area contributed by atoms with Gasteiger partial charge in [0.25, 0.3) is 0 Å². The maximum atomic E-state index is 10.9. The summed E-state index contributed by atoms with van der Waals surface area (Å²) in [7, 11) is -3.15. The number of rotatable bonds is 5. The molecule has 0 spiro atoms. The van der Waals surface area contributed by atoms with Crippen LogP contribution in [0, 0.1) is 5.41 Å². The van der Waals surface area contributed by atoms with Gasteiger partial charge < -0.3 is 10.8 Å². The third-order valence-corrected chi connectivity index (χ3v) is 3.66. The van der Waals surface area contributed by atoms with Gasteiger partial charge in [0.2, 0.25) is 0 Å². The van der Waals surface area contributed by atoms with Crippen LogP contribution >= 0.6 is 11.8 Å². The Balaban J connectivity index is 3.69. The van der Waals surface area contributed by atoms with Gasteiger partial charge in [0, 0.05) is 5.75 Å². The first-order chi connectivity index (χ1) is 5.48. The monoisotopic (exact) mass is 212 g/mol. The molecule has 0 rings (SSSR count). The van der Waals surface area contributed by atoms with Gasteiger partial charge in [0.1, 0.15) is 0 Å². The van der Waals surface area contributed by atoms with Crippen molar-refractivity contribution in [3.8, 4) is 0 Å². The highest BCUT2D eigenvalue weighted by Gasteiger charge is 2.09. The smallest absolute Gasteiger partial charge is 0.153 e. The van der Waals surface area contributed by atoms with Crippen molar-refractivity contribution < 1.29 is 13.5 Å². The molecule has 7 heteroatoms. The number of hydrogen-bond donors (Lipinski definition) is 3. The van der Waals surface area contributed by atoms with Crippen LogP contribution in [-0.2, 0) is 9.84 Å². The van der Waals surface area contributed by atoms with Gasteiger partial charge in [-0.15, -0.1) is 0 Å². The van der Waals surface area contributed by atoms with E-state index in [1.54, 1.807) is 0 Å². The Hall–Kier alpha value is -0.270. The van der Waals surface area contributed by atoms with E-state index in [4.69, 9.17) is 16.2 Å². The van der Waals surface area contributed by atoms with Crippen LogP contribution in [0.4, 0.5) is 0 Å². The summed E-state index contributed by atoms with van der Waals surface area (Å²) in [4.78, 5) is 0. The van der Waals surface area contributed by atoms with E-state index < -0.39 is 9.84 Å². The van der Waals surface area contributed by atoms with Gasteiger partial charge in [-0.05, 0) is 0 Å². The first-order valence-electron chi connectivity index (χ1n) is 3.26. The Bertz CT molecular complexity index is 237. The normalized spacial score (nSPS) is 11.4. The zero-order valence-corrected chi connectivity index (χ0v) is 8.12. The highest BCUT2D eigenvalue weighted by atomic mass is 32.2. The number of sulfone groups is 1. The molecule has 0 aliphatic carbocycles. The van der Waals surface area contributed by atoms with Crippen LogP contribution < -0.4 is 5.73 Å². The summed E-state index contributed by atoms with van der Waals surface area (Å²) in [6, 6.07) is 0. The van der Waals surface area contributed by atoms with E-state index in [0.717, 1.165) is 11.8 Å². The molecule has 0 saturated heterocycles. The summed E-state index contributed by atoms with van der Waals surface area (Å²) in [5, 5.41) is 15.1. The van der Waals surface area contributed by atoms with E-state index in [1.807, 2.05) is 0 Å². The lowest BCUT2D eigenvalue weighted by Crippen LogP contribution is -2.17. The van der Waals surface area contributed by atoms with Crippen molar-refractivity contribution in [2.45, 2.75) is 0 Å². The van der Waals surface area contributed by atoms with Gasteiger partial charge >= 0.3 is 0 Å². The van der Waals surface area contributed by atoms with Crippen molar-refractivity contribution in [2.75, 3.05) is 23.9 Å². The SMILES string of the molecule is N=C(N)SCCS(=O)(=O)CCO. The molecule has 12 heavy (non-hydrogen) atoms. The van der Waals surface area contributed by atoms with Crippen molar-refractivity contribution in [3.05, 3.63) is 0 Å². The first-order valence-corrected chi connectivity index (χ1v) is 6.07. The summed E-state index contributed by atoms with van der Waals surface area (Å²) >= 11 is 0.984. The minimum absolute atomic E-state index is 0.0438. The highest BCUT2D eigenvalue weighted by Crippen LogP contribution is 2.00. The maximum Gasteiger partial charge on any atom is 0.153 e. The van der Waals surface area contributed by atoms with Crippen LogP contribution in [0.5, 0.6) is 0 Å². The van der Waals surface area contributed by atoms with Crippen LogP contribution in [-0.4, -0.2) is 42.6 Å². The molecule has 0 radical (unpaired) electrons. The Kier molecular flexibility index (Phi) is 5.27. The van der Waals surface area contributed by atoms with Crippen molar-refractivity contribution in [1.29, 1.82) is 5.41 Å². The molecule has 0 aromatic rings. The summed E-state index contributed by atoms with van der Waals surface area (Å²) in [5.74, 6) is 0.0148. The van der Waals surface area contributed by atoms with Gasteiger partial charge in [-0.1, -0.05) is 11.8 Å². The number of aliphatic hydroxyl groups excluding tert-OH is 1. The maximum absolute atomic E-state index is 10.9. The van der Waals surface area contributed by atoms with Gasteiger partial charge in [-0.3, -0.25) is 5.41 Å². The largest absolute Gasteiger partial charge is 0.395 e. The number of aliphatic hydroxyl groups is 1. The molecular formula is C5H12N2O3S2. The standard InChI is InChI=1S/C5H12N2O3S2/c6-5(7)11-2-4-12(9,10)3-1-8/h8H,1-4H2,(H3,6,7). The van der Waals surface area contributed by atoms with Crippen LogP contribution in [0.3, 0.4) is 0 Å². The van der Waals surface area contributed by atoms with E-state index in [1.165, 1.54) is 0 Å². The quantitative estimate of drug-likeness (QED) is 0.401. The minimum Gasteiger partial charge on any atom is -0.395 e. The molecule has 72 valence electrons. The molecule has 0 bridgehead atoms. The second kappa shape index (κ2) is 5.39. The third-order valence-electron chi connectivity index (χ3n) is 1.05. The van der Waals surface area contributed by atoms with Crippen molar-refractivity contribution in [1.82, 2.24) is 0 Å². The second-order valence-electron chi connectivity index (χ2n) is 2.09. The van der Waals surface area contributed by atoms with E-state index in [0.29, 0.717) is 0 Å². The molecule has 0 aromatic heterocycles. The number of amidine groups is 1. The topological polar surface area (TPSA) is 104 Å². The molecule has 0 aliphatic rings. The van der Waals surface area contributed by atoms with Gasteiger partial charge in [0.05, 0.1) is 18.1 Å². The molecule has 0 aromatic carbocycles. The summed E-state index contributed by atoms with van der Waals surface area (Å²) in [6.45, 7) is -0.354. The lowest BCUT2D eigenvalue weighted by molar-refractivity contribution is 0.319. The summed E-state index contributed by atoms with van der Waals surface area (Å²) in [5.41, 5.74) is 5.00. The van der Waals surface area contributed by atoms with Crippen LogP contribution in [0.15, 0.2) is 0 Å². The van der Waals surface area contributed by atoms with Gasteiger partial charge in [0.15, 0.2) is 15.0 Å². The molecule has 0 saturated carbocycles. The van der Waals surface area contributed by atoms with Crippen LogP contribution in [0.2, 0.25) is 0 Å². The number of thioether (sulfide) groups is 1. The zero-order chi connectivity index (χ0) is 9.61. The van der Waals surface area contributed by atoms with Crippen molar-refractivity contribution >= 4 is 26.8 Å². The van der Waals surface area contributed by atoms with Crippen LogP contribution in [0.1, 0.15) is 0 Å². The average Bonchev–Trinajstić information content (AvgIpc) is 1.85. The Morgan fingerprint density at radius 1 is 1.50 bits per heavy atom. The predicted octanol–water partition coefficient (Wildman–Crippen LogP) is -0.980. The Morgan fingerprint density at radius 2 is 2.08 bits per heavy atom. The van der Waals surface area contributed by atoms with E-state index >= 15 is 0 Å². The molecule has 4 N–H and O–H groups in total. The molecule has 5 nitrogen and oxygen atoms in total. The lowest BCUT2D eigenvalue weighted by atomic mass is 10.9. The fourth-order valence-corrected chi connectivity index (χ4v) is 2.57. The summed E-state index contributed by atoms with van der Waals surface area (Å²) < 4.78 is 21.9. The number of nitrogens with one attached hydrogen (secondary N) is 1. The Labute approximate surface area is 75.8 Å². The molecule has 0 unspecified atom stereocenters. The van der Waals surface area contributed by atoms with Crippen molar-refractivity contribution in [2.24, 2.45) is 5.73 Å². The lowest BCUT2D eigenvalue weighted by Gasteiger charge is -2.00. The minimum atomic E-state index is -3.15. The van der Waals surface area contributed by atoms with Gasteiger partial charge in [-0.2, -0.15) is 0 Å².